The Balaban J connectivity index is 1.86. The van der Waals surface area contributed by atoms with Crippen LogP contribution < -0.4 is 16.4 Å². The predicted octanol–water partition coefficient (Wildman–Crippen LogP) is 2.77. The molecule has 2 aromatic rings. The Morgan fingerprint density at radius 3 is 2.23 bits per heavy atom. The molecule has 8 nitrogen and oxygen atoms in total. The van der Waals surface area contributed by atoms with Crippen LogP contribution in [0.15, 0.2) is 47.3 Å². The topological polar surface area (TPSA) is 119 Å². The molecule has 0 aliphatic rings. The van der Waals surface area contributed by atoms with Crippen molar-refractivity contribution >= 4 is 33.5 Å². The van der Waals surface area contributed by atoms with Gasteiger partial charge in [0.05, 0.1) is 5.57 Å². The maximum absolute atomic E-state index is 12.4. The Kier molecular flexibility index (Phi) is 8.35. The zero-order valence-electron chi connectivity index (χ0n) is 17.2. The van der Waals surface area contributed by atoms with E-state index in [9.17, 15) is 9.59 Å². The summed E-state index contributed by atoms with van der Waals surface area (Å²) in [5.41, 5.74) is 7.22. The van der Waals surface area contributed by atoms with Crippen molar-refractivity contribution in [3.63, 3.8) is 0 Å². The van der Waals surface area contributed by atoms with Gasteiger partial charge in [-0.25, -0.2) is 14.8 Å². The molecule has 0 aliphatic heterocycles. The molecule has 2 amide bonds. The molecular formula is C21H26BrN5O3. The van der Waals surface area contributed by atoms with Gasteiger partial charge in [0, 0.05) is 42.6 Å². The molecule has 2 rings (SSSR count). The lowest BCUT2D eigenvalue weighted by Gasteiger charge is -2.19. The molecule has 9 heteroatoms. The third-order valence-electron chi connectivity index (χ3n) is 3.76. The van der Waals surface area contributed by atoms with E-state index in [2.05, 4.69) is 36.5 Å². The molecular weight excluding hydrogens is 450 g/mol. The Hall–Kier alpha value is -2.94. The number of ether oxygens (including phenoxy) is 1. The first-order valence-corrected chi connectivity index (χ1v) is 10.2. The molecule has 0 saturated carbocycles. The number of aromatic nitrogens is 2. The number of nitrogens with zero attached hydrogens (tertiary/aromatic N) is 2. The van der Waals surface area contributed by atoms with E-state index in [1.54, 1.807) is 33.2 Å². The first-order chi connectivity index (χ1) is 14.2. The Bertz CT molecular complexity index is 890. The molecule has 30 heavy (non-hydrogen) atoms. The number of nitrogens with two attached hydrogens (primary N) is 1. The molecule has 0 fully saturated rings. The molecule has 160 valence electrons. The van der Waals surface area contributed by atoms with Crippen molar-refractivity contribution in [1.29, 1.82) is 0 Å². The van der Waals surface area contributed by atoms with Gasteiger partial charge in [0.15, 0.2) is 5.82 Å². The van der Waals surface area contributed by atoms with Gasteiger partial charge in [-0.3, -0.25) is 4.79 Å². The van der Waals surface area contributed by atoms with Gasteiger partial charge in [-0.05, 0) is 44.0 Å². The number of carbonyl (C=O) groups excluding carboxylic acids is 2. The van der Waals surface area contributed by atoms with Gasteiger partial charge in [-0.15, -0.1) is 0 Å². The molecule has 0 atom stereocenters. The Labute approximate surface area is 184 Å². The van der Waals surface area contributed by atoms with Crippen LogP contribution in [-0.4, -0.2) is 40.7 Å². The van der Waals surface area contributed by atoms with Crippen molar-refractivity contribution in [3.05, 3.63) is 64.3 Å². The second-order valence-electron chi connectivity index (χ2n) is 7.48. The third kappa shape index (κ3) is 7.82. The molecule has 0 aliphatic carbocycles. The summed E-state index contributed by atoms with van der Waals surface area (Å²) in [4.78, 5) is 32.5. The van der Waals surface area contributed by atoms with Crippen LogP contribution >= 0.6 is 15.9 Å². The molecule has 4 N–H and O–H groups in total. The number of carbonyl (C=O) groups is 2. The summed E-state index contributed by atoms with van der Waals surface area (Å²) in [5, 5.41) is 5.23. The lowest BCUT2D eigenvalue weighted by Crippen LogP contribution is -2.38. The molecule has 1 heterocycles. The molecule has 0 unspecified atom stereocenters. The van der Waals surface area contributed by atoms with E-state index in [1.165, 1.54) is 6.20 Å². The fourth-order valence-corrected chi connectivity index (χ4v) is 2.69. The highest BCUT2D eigenvalue weighted by atomic mass is 79.9. The van der Waals surface area contributed by atoms with E-state index in [0.29, 0.717) is 6.42 Å². The van der Waals surface area contributed by atoms with Crippen LogP contribution in [-0.2, 0) is 16.0 Å². The highest BCUT2D eigenvalue weighted by Crippen LogP contribution is 2.14. The van der Waals surface area contributed by atoms with Crippen LogP contribution in [0.4, 0.5) is 4.79 Å². The first-order valence-electron chi connectivity index (χ1n) is 9.40. The van der Waals surface area contributed by atoms with Crippen molar-refractivity contribution in [1.82, 2.24) is 20.6 Å². The molecule has 1 aromatic carbocycles. The number of benzene rings is 1. The summed E-state index contributed by atoms with van der Waals surface area (Å²) >= 11 is 3.41. The zero-order chi connectivity index (χ0) is 22.1. The van der Waals surface area contributed by atoms with Crippen LogP contribution in [0.1, 0.15) is 37.7 Å². The summed E-state index contributed by atoms with van der Waals surface area (Å²) in [6.45, 7) is 5.74. The fraction of sp³-hybridized carbons (Fsp3) is 0.333. The van der Waals surface area contributed by atoms with Crippen LogP contribution in [0.25, 0.3) is 5.57 Å². The molecule has 0 radical (unpaired) electrons. The number of rotatable bonds is 7. The smallest absolute Gasteiger partial charge is 0.407 e. The standard InChI is InChI=1S/C21H26BrN5O3/c1-21(2,3)30-20(29)25-9-8-24-19(28)17(11-23)18-26-12-15(13-27-18)10-14-4-6-16(22)7-5-14/h4-7,11-13H,8-10,23H2,1-3H3,(H,24,28)(H,25,29)/b17-11+. The van der Waals surface area contributed by atoms with Gasteiger partial charge in [0.25, 0.3) is 5.91 Å². The zero-order valence-corrected chi connectivity index (χ0v) is 18.8. The monoisotopic (exact) mass is 475 g/mol. The van der Waals surface area contributed by atoms with Crippen LogP contribution in [0, 0.1) is 0 Å². The average molecular weight is 476 g/mol. The third-order valence-corrected chi connectivity index (χ3v) is 4.29. The molecule has 0 bridgehead atoms. The van der Waals surface area contributed by atoms with Crippen molar-refractivity contribution in [3.8, 4) is 0 Å². The number of amides is 2. The van der Waals surface area contributed by atoms with Crippen molar-refractivity contribution < 1.29 is 14.3 Å². The lowest BCUT2D eigenvalue weighted by molar-refractivity contribution is -0.115. The van der Waals surface area contributed by atoms with E-state index < -0.39 is 17.6 Å². The average Bonchev–Trinajstić information content (AvgIpc) is 2.67. The summed E-state index contributed by atoms with van der Waals surface area (Å²) < 4.78 is 6.14. The van der Waals surface area contributed by atoms with Gasteiger partial charge >= 0.3 is 6.09 Å². The molecule has 0 spiro atoms. The number of nitrogens with one attached hydrogen (secondary N) is 2. The maximum Gasteiger partial charge on any atom is 0.407 e. The first kappa shape index (κ1) is 23.3. The number of hydrogen-bond donors (Lipinski definition) is 3. The minimum Gasteiger partial charge on any atom is -0.444 e. The quantitative estimate of drug-likeness (QED) is 0.418. The fourth-order valence-electron chi connectivity index (χ4n) is 2.42. The Morgan fingerprint density at radius 1 is 1.07 bits per heavy atom. The van der Waals surface area contributed by atoms with Gasteiger partial charge in [0.1, 0.15) is 5.60 Å². The van der Waals surface area contributed by atoms with Crippen molar-refractivity contribution in [2.24, 2.45) is 5.73 Å². The maximum atomic E-state index is 12.4. The predicted molar refractivity (Wildman–Crippen MR) is 118 cm³/mol. The largest absolute Gasteiger partial charge is 0.444 e. The number of alkyl carbamates (subject to hydrolysis) is 1. The van der Waals surface area contributed by atoms with Crippen molar-refractivity contribution in [2.75, 3.05) is 13.1 Å². The minimum absolute atomic E-state index is 0.155. The van der Waals surface area contributed by atoms with Gasteiger partial charge in [0.2, 0.25) is 0 Å². The number of halogens is 1. The minimum atomic E-state index is -0.580. The van der Waals surface area contributed by atoms with Crippen LogP contribution in [0.2, 0.25) is 0 Å². The summed E-state index contributed by atoms with van der Waals surface area (Å²) in [6.07, 6.45) is 4.64. The number of hydrogen-bond acceptors (Lipinski definition) is 6. The summed E-state index contributed by atoms with van der Waals surface area (Å²) in [7, 11) is 0. The SMILES string of the molecule is CC(C)(C)OC(=O)NCCNC(=O)/C(=C/N)c1ncc(Cc2ccc(Br)cc2)cn1. The highest BCUT2D eigenvalue weighted by Gasteiger charge is 2.17. The molecule has 0 saturated heterocycles. The highest BCUT2D eigenvalue weighted by molar-refractivity contribution is 9.10. The van der Waals surface area contributed by atoms with Crippen LogP contribution in [0.5, 0.6) is 0 Å². The summed E-state index contributed by atoms with van der Waals surface area (Å²) in [6, 6.07) is 7.98. The van der Waals surface area contributed by atoms with E-state index in [-0.39, 0.29) is 24.5 Å². The van der Waals surface area contributed by atoms with E-state index >= 15 is 0 Å². The van der Waals surface area contributed by atoms with E-state index in [4.69, 9.17) is 10.5 Å². The molecule has 1 aromatic heterocycles. The summed E-state index contributed by atoms with van der Waals surface area (Å²) in [5.74, 6) is -0.196. The normalized spacial score (nSPS) is 11.7. The Morgan fingerprint density at radius 2 is 1.67 bits per heavy atom. The second-order valence-corrected chi connectivity index (χ2v) is 8.40. The van der Waals surface area contributed by atoms with Gasteiger partial charge in [-0.1, -0.05) is 28.1 Å². The van der Waals surface area contributed by atoms with E-state index in [1.807, 2.05) is 24.3 Å². The van der Waals surface area contributed by atoms with Crippen LogP contribution in [0.3, 0.4) is 0 Å². The van der Waals surface area contributed by atoms with Gasteiger partial charge < -0.3 is 21.1 Å². The van der Waals surface area contributed by atoms with E-state index in [0.717, 1.165) is 15.6 Å². The van der Waals surface area contributed by atoms with Gasteiger partial charge in [-0.2, -0.15) is 0 Å². The van der Waals surface area contributed by atoms with Crippen molar-refractivity contribution in [2.45, 2.75) is 32.8 Å². The lowest BCUT2D eigenvalue weighted by atomic mass is 10.1. The second kappa shape index (κ2) is 10.7.